The lowest BCUT2D eigenvalue weighted by Gasteiger charge is -2.14. The van der Waals surface area contributed by atoms with Crippen molar-refractivity contribution in [1.29, 1.82) is 0 Å². The van der Waals surface area contributed by atoms with Crippen LogP contribution in [0, 0.1) is 0 Å². The summed E-state index contributed by atoms with van der Waals surface area (Å²) in [6.45, 7) is 5.88. The summed E-state index contributed by atoms with van der Waals surface area (Å²) in [5, 5.41) is 26.6. The number of phenols is 1. The van der Waals surface area contributed by atoms with Crippen LogP contribution < -0.4 is 16.0 Å². The van der Waals surface area contributed by atoms with Crippen LogP contribution in [-0.2, 0) is 9.59 Å². The van der Waals surface area contributed by atoms with Gasteiger partial charge in [-0.25, -0.2) is 4.79 Å². The maximum absolute atomic E-state index is 13.5. The molecule has 0 aliphatic carbocycles. The number of rotatable bonds is 11. The Labute approximate surface area is 265 Å². The Kier molecular flexibility index (Phi) is 10.8. The number of aromatic hydroxyl groups is 1. The summed E-state index contributed by atoms with van der Waals surface area (Å²) in [4.78, 5) is 51.3. The van der Waals surface area contributed by atoms with Crippen LogP contribution in [0.1, 0.15) is 58.5 Å². The predicted octanol–water partition coefficient (Wildman–Crippen LogP) is 6.74. The lowest BCUT2D eigenvalue weighted by molar-refractivity contribution is -0.115. The Morgan fingerprint density at radius 1 is 0.778 bits per heavy atom. The van der Waals surface area contributed by atoms with Crippen molar-refractivity contribution >= 4 is 52.9 Å². The second-order valence-electron chi connectivity index (χ2n) is 10.5. The molecular weight excluding hydrogens is 590 g/mol. The standard InChI is InChI=1S/C35H33N3O6S/c1-21(2)24-14-12-23(13-15-24)18-30(38-33(41)25-8-5-4-6-9-25)34(42)37-26-10-7-11-28(19-26)45-22(3)32(40)36-27-16-17-31(39)29(20-27)35(43)44/h4-22,39H,1-3H3,(H,36,40)(H,37,42)(H,38,41)(H,43,44)/b30-18+. The molecule has 0 fully saturated rings. The predicted molar refractivity (Wildman–Crippen MR) is 177 cm³/mol. The molecule has 4 rings (SSSR count). The molecule has 1 atom stereocenters. The van der Waals surface area contributed by atoms with Gasteiger partial charge in [0.1, 0.15) is 17.0 Å². The summed E-state index contributed by atoms with van der Waals surface area (Å²) < 4.78 is 0. The van der Waals surface area contributed by atoms with Crippen LogP contribution in [-0.4, -0.2) is 39.2 Å². The van der Waals surface area contributed by atoms with Crippen molar-refractivity contribution in [3.05, 3.63) is 125 Å². The van der Waals surface area contributed by atoms with Crippen LogP contribution in [0.15, 0.2) is 108 Å². The maximum atomic E-state index is 13.5. The first-order chi connectivity index (χ1) is 21.5. The molecule has 4 aromatic rings. The lowest BCUT2D eigenvalue weighted by Crippen LogP contribution is -2.30. The molecule has 9 nitrogen and oxygen atoms in total. The molecular formula is C35H33N3O6S. The van der Waals surface area contributed by atoms with Gasteiger partial charge in [-0.15, -0.1) is 11.8 Å². The van der Waals surface area contributed by atoms with Gasteiger partial charge in [0.05, 0.1) is 5.25 Å². The summed E-state index contributed by atoms with van der Waals surface area (Å²) >= 11 is 1.23. The molecule has 0 spiro atoms. The van der Waals surface area contributed by atoms with Crippen LogP contribution >= 0.6 is 11.8 Å². The molecule has 0 aliphatic heterocycles. The van der Waals surface area contributed by atoms with Gasteiger partial charge in [0.25, 0.3) is 11.8 Å². The second-order valence-corrected chi connectivity index (χ2v) is 11.9. The number of hydrogen-bond acceptors (Lipinski definition) is 6. The fraction of sp³-hybridized carbons (Fsp3) is 0.143. The van der Waals surface area contributed by atoms with Gasteiger partial charge in [-0.1, -0.05) is 62.4 Å². The summed E-state index contributed by atoms with van der Waals surface area (Å²) in [6.07, 6.45) is 1.62. The number of amides is 3. The minimum absolute atomic E-state index is 0.0570. The average molecular weight is 624 g/mol. The molecule has 230 valence electrons. The Balaban J connectivity index is 1.48. The molecule has 1 unspecified atom stereocenters. The first-order valence-corrected chi connectivity index (χ1v) is 15.0. The van der Waals surface area contributed by atoms with Crippen molar-refractivity contribution in [2.75, 3.05) is 10.6 Å². The fourth-order valence-corrected chi connectivity index (χ4v) is 5.14. The molecule has 0 aromatic heterocycles. The second kappa shape index (κ2) is 14.9. The summed E-state index contributed by atoms with van der Waals surface area (Å²) in [7, 11) is 0. The van der Waals surface area contributed by atoms with E-state index >= 15 is 0 Å². The van der Waals surface area contributed by atoms with E-state index in [1.807, 2.05) is 24.3 Å². The SMILES string of the molecule is CC(Sc1cccc(NC(=O)/C(=C\c2ccc(C(C)C)cc2)NC(=O)c2ccccc2)c1)C(=O)Nc1ccc(O)c(C(=O)O)c1. The Hall–Kier alpha value is -5.35. The number of hydrogen-bond donors (Lipinski definition) is 5. The van der Waals surface area contributed by atoms with Gasteiger partial charge >= 0.3 is 5.97 Å². The summed E-state index contributed by atoms with van der Waals surface area (Å²) in [5.74, 6) is -2.70. The number of carbonyl (C=O) groups excluding carboxylic acids is 3. The number of aromatic carboxylic acids is 1. The number of benzene rings is 4. The molecule has 4 aromatic carbocycles. The minimum Gasteiger partial charge on any atom is -0.507 e. The van der Waals surface area contributed by atoms with Crippen LogP contribution in [0.2, 0.25) is 0 Å². The smallest absolute Gasteiger partial charge is 0.339 e. The van der Waals surface area contributed by atoms with Gasteiger partial charge in [-0.05, 0) is 78.6 Å². The average Bonchev–Trinajstić information content (AvgIpc) is 3.02. The molecule has 0 heterocycles. The van der Waals surface area contributed by atoms with Gasteiger partial charge in [0, 0.05) is 21.8 Å². The zero-order chi connectivity index (χ0) is 32.5. The van der Waals surface area contributed by atoms with E-state index < -0.39 is 28.8 Å². The summed E-state index contributed by atoms with van der Waals surface area (Å²) in [5.41, 5.74) is 2.72. The topological polar surface area (TPSA) is 145 Å². The van der Waals surface area contributed by atoms with E-state index in [1.54, 1.807) is 67.6 Å². The zero-order valence-corrected chi connectivity index (χ0v) is 25.7. The van der Waals surface area contributed by atoms with Crippen molar-refractivity contribution in [2.24, 2.45) is 0 Å². The van der Waals surface area contributed by atoms with Crippen molar-refractivity contribution < 1.29 is 29.4 Å². The van der Waals surface area contributed by atoms with Crippen molar-refractivity contribution in [2.45, 2.75) is 36.8 Å². The maximum Gasteiger partial charge on any atom is 0.339 e. The van der Waals surface area contributed by atoms with Gasteiger partial charge in [0.15, 0.2) is 0 Å². The molecule has 0 aliphatic rings. The number of carboxylic acids is 1. The van der Waals surface area contributed by atoms with Crippen LogP contribution in [0.5, 0.6) is 5.75 Å². The molecule has 5 N–H and O–H groups in total. The zero-order valence-electron chi connectivity index (χ0n) is 24.9. The van der Waals surface area contributed by atoms with Gasteiger partial charge in [-0.3, -0.25) is 14.4 Å². The van der Waals surface area contributed by atoms with E-state index in [0.717, 1.165) is 11.1 Å². The van der Waals surface area contributed by atoms with E-state index in [4.69, 9.17) is 0 Å². The van der Waals surface area contributed by atoms with Crippen molar-refractivity contribution in [3.63, 3.8) is 0 Å². The molecule has 0 saturated heterocycles. The highest BCUT2D eigenvalue weighted by Crippen LogP contribution is 2.28. The Morgan fingerprint density at radius 3 is 2.13 bits per heavy atom. The third kappa shape index (κ3) is 9.07. The van der Waals surface area contributed by atoms with Crippen molar-refractivity contribution in [1.82, 2.24) is 5.32 Å². The van der Waals surface area contributed by atoms with Crippen LogP contribution in [0.25, 0.3) is 6.08 Å². The largest absolute Gasteiger partial charge is 0.507 e. The van der Waals surface area contributed by atoms with E-state index in [-0.39, 0.29) is 22.9 Å². The first-order valence-electron chi connectivity index (χ1n) is 14.1. The number of nitrogens with one attached hydrogen (secondary N) is 3. The van der Waals surface area contributed by atoms with Crippen LogP contribution in [0.3, 0.4) is 0 Å². The van der Waals surface area contributed by atoms with E-state index in [1.165, 1.54) is 30.0 Å². The molecule has 3 amide bonds. The highest BCUT2D eigenvalue weighted by Gasteiger charge is 2.19. The van der Waals surface area contributed by atoms with Gasteiger partial charge in [-0.2, -0.15) is 0 Å². The number of thioether (sulfide) groups is 1. The Bertz CT molecular complexity index is 1740. The quantitative estimate of drug-likeness (QED) is 0.0707. The number of carbonyl (C=O) groups is 4. The monoisotopic (exact) mass is 623 g/mol. The van der Waals surface area contributed by atoms with Gasteiger partial charge in [0.2, 0.25) is 5.91 Å². The van der Waals surface area contributed by atoms with Crippen LogP contribution in [0.4, 0.5) is 11.4 Å². The fourth-order valence-electron chi connectivity index (χ4n) is 4.22. The molecule has 0 bridgehead atoms. The lowest BCUT2D eigenvalue weighted by atomic mass is 10.0. The first kappa shape index (κ1) is 32.6. The van der Waals surface area contributed by atoms with E-state index in [9.17, 15) is 29.4 Å². The van der Waals surface area contributed by atoms with E-state index in [0.29, 0.717) is 22.1 Å². The highest BCUT2D eigenvalue weighted by molar-refractivity contribution is 8.00. The highest BCUT2D eigenvalue weighted by atomic mass is 32.2. The van der Waals surface area contributed by atoms with E-state index in [2.05, 4.69) is 29.8 Å². The number of anilines is 2. The molecule has 45 heavy (non-hydrogen) atoms. The molecule has 0 radical (unpaired) electrons. The normalized spacial score (nSPS) is 11.9. The van der Waals surface area contributed by atoms with Crippen molar-refractivity contribution in [3.8, 4) is 5.75 Å². The third-order valence-corrected chi connectivity index (χ3v) is 7.81. The Morgan fingerprint density at radius 2 is 1.47 bits per heavy atom. The van der Waals surface area contributed by atoms with Gasteiger partial charge < -0.3 is 26.2 Å². The molecule has 0 saturated carbocycles. The minimum atomic E-state index is -1.31. The third-order valence-electron chi connectivity index (χ3n) is 6.71. The summed E-state index contributed by atoms with van der Waals surface area (Å²) in [6, 6.07) is 27.1. The molecule has 10 heteroatoms. The number of carboxylic acid groups (broad SMARTS) is 1.